The molecule has 0 atom stereocenters. The topological polar surface area (TPSA) is 39.4 Å². The fourth-order valence-electron chi connectivity index (χ4n) is 1.57. The lowest BCUT2D eigenvalue weighted by Crippen LogP contribution is -1.95. The predicted octanol–water partition coefficient (Wildman–Crippen LogP) is 3.42. The van der Waals surface area contributed by atoms with Crippen molar-refractivity contribution in [3.63, 3.8) is 0 Å². The molecule has 0 saturated carbocycles. The summed E-state index contributed by atoms with van der Waals surface area (Å²) in [7, 11) is 0. The lowest BCUT2D eigenvalue weighted by Gasteiger charge is -2.07. The van der Waals surface area contributed by atoms with Gasteiger partial charge in [-0.2, -0.15) is 5.10 Å². The van der Waals surface area contributed by atoms with E-state index < -0.39 is 5.82 Å². The van der Waals surface area contributed by atoms with Crippen LogP contribution in [0.5, 0.6) is 11.6 Å². The largest absolute Gasteiger partial charge is 0.434 e. The number of rotatable bonds is 2. The minimum absolute atomic E-state index is 0.117. The summed E-state index contributed by atoms with van der Waals surface area (Å²) in [6, 6.07) is 6.24. The second-order valence-corrected chi connectivity index (χ2v) is 4.49. The number of benzene rings is 1. The van der Waals surface area contributed by atoms with Crippen molar-refractivity contribution in [1.29, 1.82) is 0 Å². The highest BCUT2D eigenvalue weighted by atomic mass is 79.9. The zero-order valence-electron chi connectivity index (χ0n) is 9.05. The maximum atomic E-state index is 13.6. The van der Waals surface area contributed by atoms with Crippen molar-refractivity contribution in [3.05, 3.63) is 53.1 Å². The summed E-state index contributed by atoms with van der Waals surface area (Å²) < 4.78 is 21.4. The molecule has 0 aliphatic heterocycles. The fourth-order valence-corrected chi connectivity index (χ4v) is 1.91. The van der Waals surface area contributed by atoms with E-state index in [2.05, 4.69) is 26.0 Å². The van der Waals surface area contributed by atoms with Crippen LogP contribution in [0.4, 0.5) is 4.39 Å². The Morgan fingerprint density at radius 2 is 2.11 bits per heavy atom. The van der Waals surface area contributed by atoms with Crippen LogP contribution in [-0.4, -0.2) is 14.6 Å². The van der Waals surface area contributed by atoms with Crippen LogP contribution in [0.25, 0.3) is 5.52 Å². The van der Waals surface area contributed by atoms with Crippen LogP contribution in [0.15, 0.2) is 47.3 Å². The van der Waals surface area contributed by atoms with Gasteiger partial charge < -0.3 is 4.74 Å². The Bertz CT molecular complexity index is 713. The highest BCUT2D eigenvalue weighted by molar-refractivity contribution is 9.10. The van der Waals surface area contributed by atoms with Gasteiger partial charge in [0.25, 0.3) is 0 Å². The molecule has 0 radical (unpaired) electrons. The Morgan fingerprint density at radius 3 is 3.00 bits per heavy atom. The number of ether oxygens (including phenoxy) is 1. The second-order valence-electron chi connectivity index (χ2n) is 3.57. The molecule has 6 heteroatoms. The molecule has 2 heterocycles. The first kappa shape index (κ1) is 11.2. The number of fused-ring (bicyclic) bond motifs is 1. The molecular formula is C12H7BrFN3O. The van der Waals surface area contributed by atoms with Crippen molar-refractivity contribution in [2.45, 2.75) is 0 Å². The van der Waals surface area contributed by atoms with E-state index in [1.54, 1.807) is 41.3 Å². The Labute approximate surface area is 110 Å². The van der Waals surface area contributed by atoms with Crippen molar-refractivity contribution in [2.24, 2.45) is 0 Å². The Hall–Kier alpha value is -1.95. The van der Waals surface area contributed by atoms with E-state index in [1.807, 2.05) is 0 Å². The van der Waals surface area contributed by atoms with Gasteiger partial charge in [0.1, 0.15) is 5.52 Å². The summed E-state index contributed by atoms with van der Waals surface area (Å²) in [4.78, 5) is 4.08. The highest BCUT2D eigenvalue weighted by Gasteiger charge is 2.09. The van der Waals surface area contributed by atoms with Crippen molar-refractivity contribution in [2.75, 3.05) is 0 Å². The molecule has 0 unspecified atom stereocenters. The van der Waals surface area contributed by atoms with Crippen LogP contribution >= 0.6 is 15.9 Å². The monoisotopic (exact) mass is 307 g/mol. The maximum absolute atomic E-state index is 13.6. The van der Waals surface area contributed by atoms with Gasteiger partial charge >= 0.3 is 0 Å². The molecule has 0 saturated heterocycles. The van der Waals surface area contributed by atoms with E-state index in [4.69, 9.17) is 4.74 Å². The number of aromatic nitrogens is 3. The van der Waals surface area contributed by atoms with Crippen molar-refractivity contribution in [1.82, 2.24) is 14.6 Å². The Morgan fingerprint density at radius 1 is 1.22 bits per heavy atom. The molecule has 90 valence electrons. The van der Waals surface area contributed by atoms with Crippen molar-refractivity contribution < 1.29 is 9.13 Å². The van der Waals surface area contributed by atoms with Gasteiger partial charge in [0, 0.05) is 16.9 Å². The molecule has 2 aromatic heterocycles. The van der Waals surface area contributed by atoms with Gasteiger partial charge in [-0.15, -0.1) is 0 Å². The molecule has 4 nitrogen and oxygen atoms in total. The van der Waals surface area contributed by atoms with Gasteiger partial charge in [0.05, 0.1) is 6.20 Å². The summed E-state index contributed by atoms with van der Waals surface area (Å²) in [6.45, 7) is 0. The summed E-state index contributed by atoms with van der Waals surface area (Å²) in [5.41, 5.74) is 0.678. The Balaban J connectivity index is 2.06. The summed E-state index contributed by atoms with van der Waals surface area (Å²) in [6.07, 6.45) is 4.87. The summed E-state index contributed by atoms with van der Waals surface area (Å²) in [5, 5.41) is 4.05. The molecule has 0 aliphatic rings. The van der Waals surface area contributed by atoms with Gasteiger partial charge in [-0.1, -0.05) is 15.9 Å². The van der Waals surface area contributed by atoms with E-state index >= 15 is 0 Å². The van der Waals surface area contributed by atoms with Crippen LogP contribution in [-0.2, 0) is 0 Å². The van der Waals surface area contributed by atoms with Crippen LogP contribution in [0.2, 0.25) is 0 Å². The standard InChI is InChI=1S/C12H7BrFN3O/c13-8-1-2-9(14)11(7-8)18-12-10-3-4-16-17(10)6-5-15-12/h1-7H. The van der Waals surface area contributed by atoms with Crippen LogP contribution < -0.4 is 4.74 Å². The van der Waals surface area contributed by atoms with Crippen molar-refractivity contribution in [3.8, 4) is 11.6 Å². The summed E-state index contributed by atoms with van der Waals surface area (Å²) in [5.74, 6) is -0.0142. The normalized spacial score (nSPS) is 10.8. The van der Waals surface area contributed by atoms with Gasteiger partial charge in [-0.25, -0.2) is 13.9 Å². The first-order valence-electron chi connectivity index (χ1n) is 5.15. The number of halogens is 2. The molecule has 3 aromatic rings. The SMILES string of the molecule is Fc1ccc(Br)cc1Oc1nccn2nccc12. The zero-order valence-corrected chi connectivity index (χ0v) is 10.6. The van der Waals surface area contributed by atoms with E-state index in [9.17, 15) is 4.39 Å². The van der Waals surface area contributed by atoms with Gasteiger partial charge in [0.2, 0.25) is 5.88 Å². The Kier molecular flexibility index (Phi) is 2.71. The fraction of sp³-hybridized carbons (Fsp3) is 0. The van der Waals surface area contributed by atoms with E-state index in [0.29, 0.717) is 11.4 Å². The van der Waals surface area contributed by atoms with Gasteiger partial charge in [-0.05, 0) is 24.3 Å². The van der Waals surface area contributed by atoms with E-state index in [1.165, 1.54) is 6.07 Å². The lowest BCUT2D eigenvalue weighted by atomic mass is 10.3. The minimum atomic E-state index is -0.443. The third kappa shape index (κ3) is 1.95. The third-order valence-electron chi connectivity index (χ3n) is 2.39. The maximum Gasteiger partial charge on any atom is 0.245 e. The van der Waals surface area contributed by atoms with Gasteiger partial charge in [-0.3, -0.25) is 0 Å². The minimum Gasteiger partial charge on any atom is -0.434 e. The van der Waals surface area contributed by atoms with E-state index in [0.717, 1.165) is 4.47 Å². The molecule has 1 aromatic carbocycles. The second kappa shape index (κ2) is 4.38. The molecule has 0 amide bonds. The lowest BCUT2D eigenvalue weighted by molar-refractivity contribution is 0.429. The number of hydrogen-bond acceptors (Lipinski definition) is 3. The summed E-state index contributed by atoms with van der Waals surface area (Å²) >= 11 is 3.27. The average molecular weight is 308 g/mol. The molecule has 0 spiro atoms. The first-order chi connectivity index (χ1) is 8.74. The number of nitrogens with zero attached hydrogens (tertiary/aromatic N) is 3. The molecule has 0 N–H and O–H groups in total. The number of hydrogen-bond donors (Lipinski definition) is 0. The molecule has 0 aliphatic carbocycles. The average Bonchev–Trinajstić information content (AvgIpc) is 2.83. The molecular weight excluding hydrogens is 301 g/mol. The highest BCUT2D eigenvalue weighted by Crippen LogP contribution is 2.28. The molecule has 0 bridgehead atoms. The smallest absolute Gasteiger partial charge is 0.245 e. The molecule has 18 heavy (non-hydrogen) atoms. The van der Waals surface area contributed by atoms with Crippen LogP contribution in [0, 0.1) is 5.82 Å². The van der Waals surface area contributed by atoms with Crippen LogP contribution in [0.1, 0.15) is 0 Å². The first-order valence-corrected chi connectivity index (χ1v) is 5.94. The third-order valence-corrected chi connectivity index (χ3v) is 2.88. The van der Waals surface area contributed by atoms with Crippen LogP contribution in [0.3, 0.4) is 0 Å². The zero-order chi connectivity index (χ0) is 12.5. The van der Waals surface area contributed by atoms with E-state index in [-0.39, 0.29) is 5.75 Å². The molecule has 0 fully saturated rings. The van der Waals surface area contributed by atoms with Crippen molar-refractivity contribution >= 4 is 21.4 Å². The van der Waals surface area contributed by atoms with Gasteiger partial charge in [0.15, 0.2) is 11.6 Å². The quantitative estimate of drug-likeness (QED) is 0.728. The predicted molar refractivity (Wildman–Crippen MR) is 67.2 cm³/mol. The molecule has 3 rings (SSSR count).